The van der Waals surface area contributed by atoms with Gasteiger partial charge >= 0.3 is 18.3 Å². The predicted octanol–water partition coefficient (Wildman–Crippen LogP) is 5.46. The fraction of sp³-hybridized carbons (Fsp3) is 0.481. The van der Waals surface area contributed by atoms with E-state index >= 15 is 0 Å². The molecule has 0 aliphatic carbocycles. The normalized spacial score (nSPS) is 14.5. The summed E-state index contributed by atoms with van der Waals surface area (Å²) in [6, 6.07) is 5.88. The van der Waals surface area contributed by atoms with Gasteiger partial charge in [0.25, 0.3) is 0 Å². The Morgan fingerprint density at radius 2 is 1.63 bits per heavy atom. The number of carboxylic acid groups (broad SMARTS) is 1. The standard InChI is InChI=1S/C27H33F6N3O5/c1-5-17(15-34-19-12-11-18(13-21(19)40-4)41-27(32,33)24(38)39)35-23(37)20(14-25(2,3)28)36-22(26(29,30)31)16-9-7-6-8-10-16/h6-13,17,20,22,34,36H,5,14-15H2,1-4H3,(H,35,37)(H,38,39)/t17-,20-,22-/m0/s1. The number of methoxy groups -OCH3 is 1. The van der Waals surface area contributed by atoms with Gasteiger partial charge in [0.2, 0.25) is 5.91 Å². The van der Waals surface area contributed by atoms with Crippen LogP contribution in [0.4, 0.5) is 32.0 Å². The number of carbonyl (C=O) groups is 2. The molecule has 0 saturated heterocycles. The van der Waals surface area contributed by atoms with Gasteiger partial charge in [0.15, 0.2) is 0 Å². The van der Waals surface area contributed by atoms with Crippen LogP contribution < -0.4 is 25.4 Å². The molecule has 2 rings (SSSR count). The van der Waals surface area contributed by atoms with Crippen LogP contribution in [0.1, 0.15) is 45.2 Å². The Balaban J connectivity index is 2.18. The van der Waals surface area contributed by atoms with Crippen LogP contribution >= 0.6 is 0 Å². The summed E-state index contributed by atoms with van der Waals surface area (Å²) in [5.41, 5.74) is -1.84. The van der Waals surface area contributed by atoms with Crippen molar-refractivity contribution < 1.29 is 50.5 Å². The number of nitrogens with one attached hydrogen (secondary N) is 3. The van der Waals surface area contributed by atoms with E-state index in [4.69, 9.17) is 9.84 Å². The number of rotatable bonds is 15. The van der Waals surface area contributed by atoms with Crippen molar-refractivity contribution >= 4 is 17.6 Å². The molecule has 0 spiro atoms. The fourth-order valence-corrected chi connectivity index (χ4v) is 3.84. The maximum absolute atomic E-state index is 14.6. The number of hydrogen-bond donors (Lipinski definition) is 4. The van der Waals surface area contributed by atoms with Crippen molar-refractivity contribution in [2.75, 3.05) is 19.0 Å². The van der Waals surface area contributed by atoms with Crippen LogP contribution in [0.5, 0.6) is 11.5 Å². The maximum Gasteiger partial charge on any atom is 0.501 e. The van der Waals surface area contributed by atoms with Crippen LogP contribution in [-0.2, 0) is 9.59 Å². The Morgan fingerprint density at radius 1 is 1.00 bits per heavy atom. The summed E-state index contributed by atoms with van der Waals surface area (Å²) in [7, 11) is 1.23. The monoisotopic (exact) mass is 593 g/mol. The summed E-state index contributed by atoms with van der Waals surface area (Å²) in [5.74, 6) is -3.80. The third kappa shape index (κ3) is 10.3. The number of ether oxygens (including phenoxy) is 2. The molecule has 3 atom stereocenters. The second-order valence-corrected chi connectivity index (χ2v) is 9.81. The van der Waals surface area contributed by atoms with Gasteiger partial charge in [0.05, 0.1) is 18.8 Å². The van der Waals surface area contributed by atoms with Crippen molar-refractivity contribution in [3.8, 4) is 11.5 Å². The van der Waals surface area contributed by atoms with Crippen LogP contribution in [0.15, 0.2) is 48.5 Å². The first-order valence-corrected chi connectivity index (χ1v) is 12.6. The second-order valence-electron chi connectivity index (χ2n) is 9.81. The van der Waals surface area contributed by atoms with E-state index in [0.29, 0.717) is 6.42 Å². The lowest BCUT2D eigenvalue weighted by Crippen LogP contribution is -2.53. The number of carboxylic acids is 1. The molecule has 0 unspecified atom stereocenters. The molecular formula is C27H33F6N3O5. The molecule has 0 aliphatic heterocycles. The largest absolute Gasteiger partial charge is 0.501 e. The second kappa shape index (κ2) is 13.8. The minimum Gasteiger partial charge on any atom is -0.494 e. The van der Waals surface area contributed by atoms with Crippen molar-refractivity contribution in [2.24, 2.45) is 0 Å². The maximum atomic E-state index is 14.6. The zero-order valence-electron chi connectivity index (χ0n) is 22.8. The van der Waals surface area contributed by atoms with Gasteiger partial charge in [-0.25, -0.2) is 9.18 Å². The molecule has 0 radical (unpaired) electrons. The topological polar surface area (TPSA) is 109 Å². The Bertz CT molecular complexity index is 1160. The number of hydrogen-bond acceptors (Lipinski definition) is 6. The quantitative estimate of drug-likeness (QED) is 0.203. The first-order valence-electron chi connectivity index (χ1n) is 12.6. The van der Waals surface area contributed by atoms with E-state index in [1.54, 1.807) is 13.0 Å². The highest BCUT2D eigenvalue weighted by atomic mass is 19.4. The Morgan fingerprint density at radius 3 is 2.15 bits per heavy atom. The van der Waals surface area contributed by atoms with E-state index in [1.807, 2.05) is 0 Å². The summed E-state index contributed by atoms with van der Waals surface area (Å²) < 4.78 is 92.5. The molecule has 2 aromatic carbocycles. The van der Waals surface area contributed by atoms with Crippen molar-refractivity contribution in [1.29, 1.82) is 0 Å². The van der Waals surface area contributed by atoms with Crippen LogP contribution in [-0.4, -0.2) is 60.7 Å². The number of benzene rings is 2. The molecule has 0 saturated carbocycles. The van der Waals surface area contributed by atoms with E-state index in [0.717, 1.165) is 26.0 Å². The lowest BCUT2D eigenvalue weighted by molar-refractivity contribution is -0.210. The third-order valence-electron chi connectivity index (χ3n) is 5.88. The predicted molar refractivity (Wildman–Crippen MR) is 139 cm³/mol. The van der Waals surface area contributed by atoms with Crippen molar-refractivity contribution in [3.63, 3.8) is 0 Å². The Hall–Kier alpha value is -3.68. The van der Waals surface area contributed by atoms with Crippen LogP contribution in [0.25, 0.3) is 0 Å². The summed E-state index contributed by atoms with van der Waals surface area (Å²) >= 11 is 0. The van der Waals surface area contributed by atoms with Crippen LogP contribution in [0.3, 0.4) is 0 Å². The first-order chi connectivity index (χ1) is 19.0. The van der Waals surface area contributed by atoms with E-state index in [9.17, 15) is 35.9 Å². The molecule has 41 heavy (non-hydrogen) atoms. The molecule has 0 heterocycles. The number of amides is 1. The molecule has 0 aliphatic rings. The third-order valence-corrected chi connectivity index (χ3v) is 5.88. The highest BCUT2D eigenvalue weighted by molar-refractivity contribution is 5.82. The van der Waals surface area contributed by atoms with Crippen molar-refractivity contribution in [1.82, 2.24) is 10.6 Å². The Kier molecular flexibility index (Phi) is 11.3. The van der Waals surface area contributed by atoms with E-state index in [-0.39, 0.29) is 23.5 Å². The fourth-order valence-electron chi connectivity index (χ4n) is 3.84. The minimum atomic E-state index is -4.77. The summed E-state index contributed by atoms with van der Waals surface area (Å²) in [6.07, 6.45) is -9.46. The minimum absolute atomic E-state index is 0.0134. The summed E-state index contributed by atoms with van der Waals surface area (Å²) in [5, 5.41) is 16.4. The van der Waals surface area contributed by atoms with Crippen LogP contribution in [0.2, 0.25) is 0 Å². The highest BCUT2D eigenvalue weighted by Crippen LogP contribution is 2.34. The molecule has 4 N–H and O–H groups in total. The number of alkyl halides is 6. The molecule has 0 aromatic heterocycles. The SMILES string of the molecule is CC[C@@H](CNc1ccc(OC(F)(F)C(=O)O)cc1OC)NC(=O)[C@H](CC(C)(C)F)N[C@@H](c1ccccc1)C(F)(F)F. The molecule has 8 nitrogen and oxygen atoms in total. The van der Waals surface area contributed by atoms with Crippen molar-refractivity contribution in [3.05, 3.63) is 54.1 Å². The average molecular weight is 594 g/mol. The number of halogens is 6. The van der Waals surface area contributed by atoms with Gasteiger partial charge in [0, 0.05) is 25.1 Å². The summed E-state index contributed by atoms with van der Waals surface area (Å²) in [6.45, 7) is 4.05. The van der Waals surface area contributed by atoms with Crippen molar-refractivity contribution in [2.45, 2.75) is 69.7 Å². The molecule has 228 valence electrons. The molecule has 14 heteroatoms. The van der Waals surface area contributed by atoms with E-state index < -0.39 is 60.1 Å². The average Bonchev–Trinajstić information content (AvgIpc) is 2.87. The zero-order valence-corrected chi connectivity index (χ0v) is 22.8. The lowest BCUT2D eigenvalue weighted by Gasteiger charge is -2.31. The van der Waals surface area contributed by atoms with Gasteiger partial charge in [-0.2, -0.15) is 22.0 Å². The number of aliphatic carboxylic acids is 1. The van der Waals surface area contributed by atoms with Gasteiger partial charge < -0.3 is 25.2 Å². The van der Waals surface area contributed by atoms with E-state index in [2.05, 4.69) is 20.7 Å². The lowest BCUT2D eigenvalue weighted by atomic mass is 9.97. The highest BCUT2D eigenvalue weighted by Gasteiger charge is 2.44. The smallest absolute Gasteiger partial charge is 0.494 e. The van der Waals surface area contributed by atoms with Gasteiger partial charge in [-0.15, -0.1) is 0 Å². The molecular weight excluding hydrogens is 560 g/mol. The van der Waals surface area contributed by atoms with E-state index in [1.165, 1.54) is 37.4 Å². The molecule has 0 fully saturated rings. The van der Waals surface area contributed by atoms with Gasteiger partial charge in [-0.1, -0.05) is 37.3 Å². The van der Waals surface area contributed by atoms with Gasteiger partial charge in [-0.05, 0) is 38.0 Å². The molecule has 0 bridgehead atoms. The molecule has 1 amide bonds. The first kappa shape index (κ1) is 33.5. The molecule has 2 aromatic rings. The Labute approximate surface area is 233 Å². The zero-order chi connectivity index (χ0) is 31.0. The van der Waals surface area contributed by atoms with Crippen LogP contribution in [0, 0.1) is 0 Å². The number of carbonyl (C=O) groups excluding carboxylic acids is 1. The van der Waals surface area contributed by atoms with Gasteiger partial charge in [0.1, 0.15) is 23.2 Å². The number of anilines is 1. The summed E-state index contributed by atoms with van der Waals surface area (Å²) in [4.78, 5) is 23.8. The van der Waals surface area contributed by atoms with Gasteiger partial charge in [-0.3, -0.25) is 10.1 Å².